The van der Waals surface area contributed by atoms with Crippen LogP contribution in [-0.2, 0) is 4.79 Å². The third-order valence-corrected chi connectivity index (χ3v) is 4.38. The minimum atomic E-state index is -0.218. The molecule has 22 heavy (non-hydrogen) atoms. The van der Waals surface area contributed by atoms with Gasteiger partial charge in [-0.15, -0.1) is 5.10 Å². The van der Waals surface area contributed by atoms with Gasteiger partial charge in [-0.3, -0.25) is 4.79 Å². The van der Waals surface area contributed by atoms with Gasteiger partial charge in [0.2, 0.25) is 5.91 Å². The third-order valence-electron chi connectivity index (χ3n) is 4.38. The van der Waals surface area contributed by atoms with Crippen molar-refractivity contribution in [2.75, 3.05) is 13.1 Å². The maximum Gasteiger partial charge on any atom is 0.241 e. The summed E-state index contributed by atoms with van der Waals surface area (Å²) in [6, 6.07) is 3.82. The first-order valence-corrected chi connectivity index (χ1v) is 7.50. The zero-order chi connectivity index (χ0) is 14.9. The van der Waals surface area contributed by atoms with Crippen LogP contribution in [0.15, 0.2) is 35.2 Å². The SMILES string of the molecule is O=C(C1CC(c2ccco2)NN1)N1CCC(n2ccnn2)C1. The van der Waals surface area contributed by atoms with E-state index in [2.05, 4.69) is 21.2 Å². The second kappa shape index (κ2) is 5.54. The zero-order valence-electron chi connectivity index (χ0n) is 12.1. The molecular formula is C14H18N6O2. The number of hydrazine groups is 1. The highest BCUT2D eigenvalue weighted by molar-refractivity contribution is 5.82. The fraction of sp³-hybridized carbons (Fsp3) is 0.500. The number of rotatable bonds is 3. The Morgan fingerprint density at radius 3 is 3.14 bits per heavy atom. The van der Waals surface area contributed by atoms with Crippen molar-refractivity contribution in [3.05, 3.63) is 36.5 Å². The van der Waals surface area contributed by atoms with E-state index in [0.29, 0.717) is 13.0 Å². The lowest BCUT2D eigenvalue weighted by atomic mass is 10.1. The van der Waals surface area contributed by atoms with Crippen LogP contribution in [0.2, 0.25) is 0 Å². The normalized spacial score (nSPS) is 28.4. The van der Waals surface area contributed by atoms with E-state index in [1.54, 1.807) is 12.5 Å². The number of furan rings is 1. The molecule has 2 aromatic heterocycles. The minimum Gasteiger partial charge on any atom is -0.468 e. The van der Waals surface area contributed by atoms with E-state index in [1.807, 2.05) is 27.9 Å². The number of hydrogen-bond acceptors (Lipinski definition) is 6. The van der Waals surface area contributed by atoms with Crippen molar-refractivity contribution in [2.45, 2.75) is 31.0 Å². The van der Waals surface area contributed by atoms with Gasteiger partial charge in [0.05, 0.1) is 24.5 Å². The van der Waals surface area contributed by atoms with Crippen molar-refractivity contribution in [1.29, 1.82) is 0 Å². The van der Waals surface area contributed by atoms with Gasteiger partial charge in [0.1, 0.15) is 11.8 Å². The van der Waals surface area contributed by atoms with E-state index in [0.717, 1.165) is 18.7 Å². The van der Waals surface area contributed by atoms with Crippen LogP contribution in [0.4, 0.5) is 0 Å². The molecule has 8 heteroatoms. The Labute approximate surface area is 127 Å². The molecular weight excluding hydrogens is 284 g/mol. The minimum absolute atomic E-state index is 0.0395. The standard InChI is InChI=1S/C14H18N6O2/c21-14(12-8-11(16-17-12)13-2-1-7-22-13)19-5-3-10(9-19)20-6-4-15-18-20/h1-2,4,6-7,10-12,16-17H,3,5,8-9H2. The lowest BCUT2D eigenvalue weighted by molar-refractivity contribution is -0.132. The number of hydrogen-bond donors (Lipinski definition) is 2. The summed E-state index contributed by atoms with van der Waals surface area (Å²) in [4.78, 5) is 14.5. The summed E-state index contributed by atoms with van der Waals surface area (Å²) in [6.45, 7) is 1.44. The Hall–Kier alpha value is -2.19. The van der Waals surface area contributed by atoms with Crippen LogP contribution < -0.4 is 10.9 Å². The van der Waals surface area contributed by atoms with Crippen molar-refractivity contribution < 1.29 is 9.21 Å². The highest BCUT2D eigenvalue weighted by Gasteiger charge is 2.37. The molecule has 2 aliphatic heterocycles. The molecule has 116 valence electrons. The van der Waals surface area contributed by atoms with Crippen LogP contribution in [0.1, 0.15) is 30.7 Å². The molecule has 0 spiro atoms. The maximum atomic E-state index is 12.6. The summed E-state index contributed by atoms with van der Waals surface area (Å²) in [5.41, 5.74) is 6.22. The van der Waals surface area contributed by atoms with Crippen LogP contribution in [0, 0.1) is 0 Å². The van der Waals surface area contributed by atoms with Gasteiger partial charge < -0.3 is 9.32 Å². The molecule has 0 saturated carbocycles. The molecule has 2 N–H and O–H groups in total. The fourth-order valence-corrected chi connectivity index (χ4v) is 3.18. The lowest BCUT2D eigenvalue weighted by Crippen LogP contribution is -2.44. The Balaban J connectivity index is 1.37. The van der Waals surface area contributed by atoms with E-state index < -0.39 is 0 Å². The number of likely N-dealkylation sites (tertiary alicyclic amines) is 1. The molecule has 4 rings (SSSR count). The van der Waals surface area contributed by atoms with Gasteiger partial charge in [0.15, 0.2) is 0 Å². The van der Waals surface area contributed by atoms with Crippen LogP contribution >= 0.6 is 0 Å². The molecule has 2 fully saturated rings. The molecule has 1 amide bonds. The molecule has 0 bridgehead atoms. The van der Waals surface area contributed by atoms with Gasteiger partial charge in [-0.2, -0.15) is 0 Å². The quantitative estimate of drug-likeness (QED) is 0.845. The van der Waals surface area contributed by atoms with Crippen molar-refractivity contribution >= 4 is 5.91 Å². The first kappa shape index (κ1) is 13.5. The number of amides is 1. The van der Waals surface area contributed by atoms with Gasteiger partial charge in [0, 0.05) is 19.3 Å². The van der Waals surface area contributed by atoms with E-state index in [-0.39, 0.29) is 24.0 Å². The smallest absolute Gasteiger partial charge is 0.241 e. The Morgan fingerprint density at radius 2 is 2.36 bits per heavy atom. The number of nitrogens with zero attached hydrogens (tertiary/aromatic N) is 4. The van der Waals surface area contributed by atoms with Gasteiger partial charge in [0.25, 0.3) is 0 Å². The highest BCUT2D eigenvalue weighted by Crippen LogP contribution is 2.26. The molecule has 8 nitrogen and oxygen atoms in total. The van der Waals surface area contributed by atoms with E-state index in [9.17, 15) is 4.79 Å². The molecule has 2 aromatic rings. The van der Waals surface area contributed by atoms with Gasteiger partial charge >= 0.3 is 0 Å². The van der Waals surface area contributed by atoms with Crippen molar-refractivity contribution in [1.82, 2.24) is 30.7 Å². The number of nitrogens with one attached hydrogen (secondary N) is 2. The van der Waals surface area contributed by atoms with E-state index >= 15 is 0 Å². The second-order valence-electron chi connectivity index (χ2n) is 5.75. The fourth-order valence-electron chi connectivity index (χ4n) is 3.18. The van der Waals surface area contributed by atoms with Gasteiger partial charge in [-0.25, -0.2) is 15.5 Å². The van der Waals surface area contributed by atoms with Crippen molar-refractivity contribution in [3.8, 4) is 0 Å². The largest absolute Gasteiger partial charge is 0.468 e. The summed E-state index contributed by atoms with van der Waals surface area (Å²) < 4.78 is 7.22. The van der Waals surface area contributed by atoms with Crippen LogP contribution in [-0.4, -0.2) is 44.9 Å². The summed E-state index contributed by atoms with van der Waals surface area (Å²) in [5, 5.41) is 7.85. The first-order chi connectivity index (χ1) is 10.8. The Bertz CT molecular complexity index is 572. The molecule has 0 radical (unpaired) electrons. The predicted molar refractivity (Wildman–Crippen MR) is 76.4 cm³/mol. The van der Waals surface area contributed by atoms with Gasteiger partial charge in [-0.05, 0) is 25.0 Å². The average Bonchev–Trinajstić information content (AvgIpc) is 3.35. The van der Waals surface area contributed by atoms with Crippen LogP contribution in [0.3, 0.4) is 0 Å². The molecule has 4 heterocycles. The highest BCUT2D eigenvalue weighted by atomic mass is 16.3. The van der Waals surface area contributed by atoms with Gasteiger partial charge in [-0.1, -0.05) is 5.21 Å². The molecule has 0 aliphatic carbocycles. The summed E-state index contributed by atoms with van der Waals surface area (Å²) in [5.74, 6) is 0.980. The van der Waals surface area contributed by atoms with E-state index in [1.165, 1.54) is 0 Å². The monoisotopic (exact) mass is 302 g/mol. The van der Waals surface area contributed by atoms with Crippen LogP contribution in [0.25, 0.3) is 0 Å². The Morgan fingerprint density at radius 1 is 1.41 bits per heavy atom. The topological polar surface area (TPSA) is 88.2 Å². The Kier molecular flexibility index (Phi) is 3.39. The number of aromatic nitrogens is 3. The van der Waals surface area contributed by atoms with Crippen molar-refractivity contribution in [3.63, 3.8) is 0 Å². The van der Waals surface area contributed by atoms with Crippen molar-refractivity contribution in [2.24, 2.45) is 0 Å². The third kappa shape index (κ3) is 2.40. The molecule has 2 saturated heterocycles. The second-order valence-corrected chi connectivity index (χ2v) is 5.75. The summed E-state index contributed by atoms with van der Waals surface area (Å²) in [7, 11) is 0. The summed E-state index contributed by atoms with van der Waals surface area (Å²) in [6.07, 6.45) is 6.77. The van der Waals surface area contributed by atoms with Crippen LogP contribution in [0.5, 0.6) is 0 Å². The number of carbonyl (C=O) groups is 1. The zero-order valence-corrected chi connectivity index (χ0v) is 12.1. The average molecular weight is 302 g/mol. The first-order valence-electron chi connectivity index (χ1n) is 7.50. The molecule has 3 unspecified atom stereocenters. The lowest BCUT2D eigenvalue weighted by Gasteiger charge is -2.20. The van der Waals surface area contributed by atoms with E-state index in [4.69, 9.17) is 4.42 Å². The number of carbonyl (C=O) groups excluding carboxylic acids is 1. The molecule has 0 aromatic carbocycles. The predicted octanol–water partition coefficient (Wildman–Crippen LogP) is 0.252. The summed E-state index contributed by atoms with van der Waals surface area (Å²) >= 11 is 0. The molecule has 2 aliphatic rings. The maximum absolute atomic E-state index is 12.6. The molecule has 3 atom stereocenters.